The molecule has 4 rings (SSSR count). The first kappa shape index (κ1) is 39.4. The summed E-state index contributed by atoms with van der Waals surface area (Å²) in [6, 6.07) is 15.7. The lowest BCUT2D eigenvalue weighted by Crippen LogP contribution is -2.48. The smallest absolute Gasteiger partial charge is 0.261 e. The van der Waals surface area contributed by atoms with Gasteiger partial charge in [-0.25, -0.2) is 16.8 Å². The van der Waals surface area contributed by atoms with Gasteiger partial charge >= 0.3 is 0 Å². The van der Waals surface area contributed by atoms with Crippen LogP contribution in [0.2, 0.25) is 5.02 Å². The van der Waals surface area contributed by atoms with Crippen molar-refractivity contribution in [2.75, 3.05) is 45.2 Å². The van der Waals surface area contributed by atoms with E-state index in [4.69, 9.17) is 25.8 Å². The van der Waals surface area contributed by atoms with Crippen LogP contribution in [0.25, 0.3) is 0 Å². The largest absolute Gasteiger partial charge is 0.497 e. The van der Waals surface area contributed by atoms with Crippen molar-refractivity contribution in [1.29, 1.82) is 0 Å². The van der Waals surface area contributed by atoms with Gasteiger partial charge in [0.05, 0.1) is 47.3 Å². The number of aliphatic hydroxyl groups excluding tert-OH is 1. The number of hydrogen-bond acceptors (Lipinski definition) is 9. The lowest BCUT2D eigenvalue weighted by molar-refractivity contribution is -0.00833. The fourth-order valence-electron chi connectivity index (χ4n) is 5.56. The third-order valence-electron chi connectivity index (χ3n) is 8.63. The van der Waals surface area contributed by atoms with Gasteiger partial charge in [-0.15, -0.1) is 0 Å². The molecular formula is C35H46ClN3O9S2. The van der Waals surface area contributed by atoms with Crippen LogP contribution in [0.15, 0.2) is 76.5 Å². The van der Waals surface area contributed by atoms with Crippen LogP contribution in [0.1, 0.15) is 50.4 Å². The maximum atomic E-state index is 14.4. The summed E-state index contributed by atoms with van der Waals surface area (Å²) in [5, 5.41) is 10.6. The highest BCUT2D eigenvalue weighted by Crippen LogP contribution is 2.30. The summed E-state index contributed by atoms with van der Waals surface area (Å²) in [7, 11) is -4.92. The Bertz CT molecular complexity index is 1810. The minimum absolute atomic E-state index is 0.00690. The van der Waals surface area contributed by atoms with Gasteiger partial charge < -0.3 is 24.2 Å². The molecule has 274 valence electrons. The maximum Gasteiger partial charge on any atom is 0.261 e. The number of ether oxygens (including phenoxy) is 3. The molecule has 3 aromatic carbocycles. The van der Waals surface area contributed by atoms with Crippen LogP contribution in [0, 0.1) is 5.92 Å². The normalized spacial score (nSPS) is 20.4. The zero-order valence-electron chi connectivity index (χ0n) is 28.9. The molecule has 1 amide bonds. The highest BCUT2D eigenvalue weighted by Gasteiger charge is 2.32. The van der Waals surface area contributed by atoms with Crippen molar-refractivity contribution in [3.63, 3.8) is 0 Å². The van der Waals surface area contributed by atoms with Crippen molar-refractivity contribution >= 4 is 43.2 Å². The quantitative estimate of drug-likeness (QED) is 0.283. The van der Waals surface area contributed by atoms with Gasteiger partial charge in [0.2, 0.25) is 10.0 Å². The van der Waals surface area contributed by atoms with Gasteiger partial charge in [-0.3, -0.25) is 9.52 Å². The average molecular weight is 752 g/mol. The van der Waals surface area contributed by atoms with Crippen molar-refractivity contribution in [1.82, 2.24) is 9.21 Å². The Morgan fingerprint density at radius 2 is 1.68 bits per heavy atom. The molecule has 0 aromatic heterocycles. The Kier molecular flexibility index (Phi) is 13.6. The van der Waals surface area contributed by atoms with Crippen molar-refractivity contribution in [3.05, 3.63) is 77.3 Å². The number of sulfonamides is 2. The highest BCUT2D eigenvalue weighted by molar-refractivity contribution is 7.92. The van der Waals surface area contributed by atoms with Crippen molar-refractivity contribution in [2.45, 2.75) is 68.1 Å². The van der Waals surface area contributed by atoms with Gasteiger partial charge in [-0.1, -0.05) is 18.5 Å². The second kappa shape index (κ2) is 17.2. The number of likely N-dealkylation sites (N-methyl/N-ethyl adjacent to an activating group) is 1. The predicted molar refractivity (Wildman–Crippen MR) is 192 cm³/mol. The van der Waals surface area contributed by atoms with E-state index in [0.29, 0.717) is 30.2 Å². The minimum Gasteiger partial charge on any atom is -0.497 e. The number of nitrogens with zero attached hydrogens (tertiary/aromatic N) is 2. The fraction of sp³-hybridized carbons (Fsp3) is 0.457. The van der Waals surface area contributed by atoms with E-state index in [9.17, 15) is 26.7 Å². The summed E-state index contributed by atoms with van der Waals surface area (Å²) in [5.74, 6) is -0.0814. The molecule has 0 bridgehead atoms. The van der Waals surface area contributed by atoms with E-state index in [1.807, 2.05) is 13.8 Å². The highest BCUT2D eigenvalue weighted by atomic mass is 35.5. The molecule has 0 radical (unpaired) electrons. The molecule has 0 saturated heterocycles. The summed E-state index contributed by atoms with van der Waals surface area (Å²) in [6.07, 6.45) is 1.19. The molecule has 12 nitrogen and oxygen atoms in total. The Hall–Kier alpha value is -3.40. The number of carbonyl (C=O) groups excluding carboxylic acids is 1. The van der Waals surface area contributed by atoms with Gasteiger partial charge in [0.1, 0.15) is 11.5 Å². The number of fused-ring (bicyclic) bond motifs is 1. The summed E-state index contributed by atoms with van der Waals surface area (Å²) in [6.45, 7) is 5.57. The van der Waals surface area contributed by atoms with Crippen LogP contribution >= 0.6 is 11.6 Å². The van der Waals surface area contributed by atoms with E-state index in [1.54, 1.807) is 25.1 Å². The molecule has 2 N–H and O–H groups in total. The fourth-order valence-corrected chi connectivity index (χ4v) is 7.91. The number of amides is 1. The topological polar surface area (TPSA) is 152 Å². The monoisotopic (exact) mass is 751 g/mol. The molecule has 0 fully saturated rings. The lowest BCUT2D eigenvalue weighted by atomic mass is 10.0. The van der Waals surface area contributed by atoms with Gasteiger partial charge in [0, 0.05) is 43.4 Å². The van der Waals surface area contributed by atoms with E-state index in [0.717, 1.165) is 6.42 Å². The van der Waals surface area contributed by atoms with Crippen LogP contribution in [0.5, 0.6) is 11.5 Å². The zero-order chi connectivity index (χ0) is 36.6. The number of hydrogen-bond donors (Lipinski definition) is 2. The van der Waals surface area contributed by atoms with Crippen molar-refractivity contribution < 1.29 is 40.9 Å². The summed E-state index contributed by atoms with van der Waals surface area (Å²) in [4.78, 5) is 16.0. The van der Waals surface area contributed by atoms with E-state index in [1.165, 1.54) is 71.9 Å². The molecule has 0 saturated carbocycles. The average Bonchev–Trinajstić information content (AvgIpc) is 3.09. The number of rotatable bonds is 10. The van der Waals surface area contributed by atoms with Gasteiger partial charge in [-0.2, -0.15) is 4.31 Å². The molecule has 1 aliphatic rings. The first-order valence-electron chi connectivity index (χ1n) is 16.4. The van der Waals surface area contributed by atoms with Crippen LogP contribution < -0.4 is 14.2 Å². The van der Waals surface area contributed by atoms with E-state index in [2.05, 4.69) is 4.72 Å². The molecule has 0 aliphatic carbocycles. The van der Waals surface area contributed by atoms with Crippen LogP contribution in [0.4, 0.5) is 5.69 Å². The number of carbonyl (C=O) groups is 1. The minimum atomic E-state index is -4.02. The third-order valence-corrected chi connectivity index (χ3v) is 12.1. The maximum absolute atomic E-state index is 14.4. The number of aliphatic hydroxyl groups is 1. The molecule has 4 atom stereocenters. The lowest BCUT2D eigenvalue weighted by Gasteiger charge is -2.35. The Morgan fingerprint density at radius 3 is 2.32 bits per heavy atom. The van der Waals surface area contributed by atoms with E-state index >= 15 is 0 Å². The van der Waals surface area contributed by atoms with Crippen molar-refractivity contribution in [2.24, 2.45) is 5.92 Å². The SMILES string of the molecule is COc1ccc(S(=O)(=O)N(C)C[C@H]2OCCCC[C@@H](C)Oc3ccc(NS(=O)(=O)c4ccc(Cl)cc4)cc3C(=O)N([C@H](C)CO)C[C@@H]2C)cc1. The van der Waals surface area contributed by atoms with Gasteiger partial charge in [0.15, 0.2) is 0 Å². The Labute approximate surface area is 300 Å². The predicted octanol–water partition coefficient (Wildman–Crippen LogP) is 5.27. The molecule has 1 heterocycles. The number of anilines is 1. The summed E-state index contributed by atoms with van der Waals surface area (Å²) >= 11 is 5.94. The molecule has 50 heavy (non-hydrogen) atoms. The molecule has 15 heteroatoms. The summed E-state index contributed by atoms with van der Waals surface area (Å²) in [5.41, 5.74) is 0.245. The van der Waals surface area contributed by atoms with E-state index in [-0.39, 0.29) is 58.5 Å². The van der Waals surface area contributed by atoms with Gasteiger partial charge in [0.25, 0.3) is 15.9 Å². The number of methoxy groups -OCH3 is 1. The van der Waals surface area contributed by atoms with E-state index < -0.39 is 38.1 Å². The first-order chi connectivity index (χ1) is 23.7. The summed E-state index contributed by atoms with van der Waals surface area (Å²) < 4.78 is 74.9. The van der Waals surface area contributed by atoms with Crippen LogP contribution in [0.3, 0.4) is 0 Å². The van der Waals surface area contributed by atoms with Crippen molar-refractivity contribution in [3.8, 4) is 11.5 Å². The second-order valence-electron chi connectivity index (χ2n) is 12.5. The number of halogens is 1. The van der Waals surface area contributed by atoms with Gasteiger partial charge in [-0.05, 0) is 99.8 Å². The molecule has 1 aliphatic heterocycles. The first-order valence-corrected chi connectivity index (χ1v) is 19.7. The zero-order valence-corrected chi connectivity index (χ0v) is 31.3. The Balaban J connectivity index is 1.66. The second-order valence-corrected chi connectivity index (χ2v) is 16.7. The third kappa shape index (κ3) is 9.89. The molecule has 3 aromatic rings. The molecular weight excluding hydrogens is 706 g/mol. The molecule has 0 unspecified atom stereocenters. The van der Waals surface area contributed by atoms with Crippen LogP contribution in [-0.2, 0) is 24.8 Å². The standard InChI is InChI=1S/C35H46ClN3O9S2/c1-24-21-39(25(2)23-40)35(41)32-20-28(37-49(42,43)30-14-9-27(36)10-15-30)11-18-33(32)48-26(3)8-6-7-19-47-34(24)22-38(4)50(44,45)31-16-12-29(46-5)13-17-31/h9-18,20,24-26,34,37,40H,6-8,19,21-23H2,1-5H3/t24-,25+,26+,34+/m0/s1. The van der Waals surface area contributed by atoms with Crippen LogP contribution in [-0.4, -0.2) is 95.8 Å². The number of benzene rings is 3. The Morgan fingerprint density at radius 1 is 1.02 bits per heavy atom. The number of nitrogens with one attached hydrogen (secondary N) is 1. The molecule has 0 spiro atoms.